The molecule has 3 rings (SSSR count). The largest absolute Gasteiger partial charge is 0.388 e. The molecule has 1 saturated heterocycles. The summed E-state index contributed by atoms with van der Waals surface area (Å²) in [4.78, 5) is 11.0. The number of β-amino-alcohol motifs (C(OH)–C–C–N with tert-alkyl or cyclic N) is 1. The summed E-state index contributed by atoms with van der Waals surface area (Å²) in [5, 5.41) is 11.2. The van der Waals surface area contributed by atoms with Gasteiger partial charge in [0.1, 0.15) is 0 Å². The number of anilines is 1. The molecule has 1 aromatic carbocycles. The van der Waals surface area contributed by atoms with Crippen molar-refractivity contribution < 1.29 is 5.11 Å². The van der Waals surface area contributed by atoms with Gasteiger partial charge < -0.3 is 10.0 Å². The molecule has 0 amide bonds. The lowest BCUT2D eigenvalue weighted by Crippen LogP contribution is -2.46. The van der Waals surface area contributed by atoms with E-state index in [1.807, 2.05) is 37.4 Å². The van der Waals surface area contributed by atoms with Gasteiger partial charge in [-0.15, -0.1) is 0 Å². The topological polar surface area (TPSA) is 49.2 Å². The number of piperidine rings is 1. The fraction of sp³-hybridized carbons (Fsp3) is 0.429. The Morgan fingerprint density at radius 1 is 1.33 bits per heavy atom. The summed E-state index contributed by atoms with van der Waals surface area (Å²) in [5.41, 5.74) is 0.320. The number of hydrogen-bond donors (Lipinski definition) is 1. The third-order valence-electron chi connectivity index (χ3n) is 3.43. The average Bonchev–Trinajstić information content (AvgIpc) is 2.37. The zero-order chi connectivity index (χ0) is 12.6. The number of fused-ring (bicyclic) bond motifs is 1. The first-order valence-electron chi connectivity index (χ1n) is 6.33. The Morgan fingerprint density at radius 3 is 3.00 bits per heavy atom. The minimum Gasteiger partial charge on any atom is -0.388 e. The van der Waals surface area contributed by atoms with Crippen LogP contribution in [0.4, 0.5) is 5.95 Å². The highest BCUT2D eigenvalue weighted by molar-refractivity contribution is 5.78. The van der Waals surface area contributed by atoms with E-state index in [1.165, 1.54) is 0 Å². The maximum absolute atomic E-state index is 10.1. The molecule has 0 spiro atoms. The fourth-order valence-corrected chi connectivity index (χ4v) is 2.51. The molecule has 1 fully saturated rings. The van der Waals surface area contributed by atoms with Crippen LogP contribution in [-0.4, -0.2) is 33.8 Å². The smallest absolute Gasteiger partial charge is 0.225 e. The molecule has 1 N–H and O–H groups in total. The first-order valence-corrected chi connectivity index (χ1v) is 6.33. The second-order valence-electron chi connectivity index (χ2n) is 5.25. The number of para-hydroxylation sites is 1. The molecule has 1 unspecified atom stereocenters. The minimum absolute atomic E-state index is 0.603. The normalized spacial score (nSPS) is 24.4. The lowest BCUT2D eigenvalue weighted by atomic mass is 9.95. The molecular weight excluding hydrogens is 226 g/mol. The molecule has 1 aromatic heterocycles. The van der Waals surface area contributed by atoms with E-state index in [2.05, 4.69) is 14.9 Å². The zero-order valence-corrected chi connectivity index (χ0v) is 10.5. The summed E-state index contributed by atoms with van der Waals surface area (Å²) in [6.45, 7) is 3.39. The molecule has 4 heteroatoms. The van der Waals surface area contributed by atoms with Crippen LogP contribution in [0.15, 0.2) is 30.5 Å². The molecule has 0 aliphatic carbocycles. The summed E-state index contributed by atoms with van der Waals surface area (Å²) in [5.74, 6) is 0.716. The molecule has 1 aliphatic heterocycles. The minimum atomic E-state index is -0.632. The molecule has 1 atom stereocenters. The predicted molar refractivity (Wildman–Crippen MR) is 71.6 cm³/mol. The number of aliphatic hydroxyl groups is 1. The molecule has 94 valence electrons. The van der Waals surface area contributed by atoms with E-state index in [9.17, 15) is 5.11 Å². The van der Waals surface area contributed by atoms with Crippen molar-refractivity contribution in [2.24, 2.45) is 0 Å². The molecule has 2 heterocycles. The van der Waals surface area contributed by atoms with Crippen LogP contribution in [0, 0.1) is 0 Å². The van der Waals surface area contributed by atoms with Gasteiger partial charge in [-0.25, -0.2) is 9.97 Å². The van der Waals surface area contributed by atoms with E-state index in [1.54, 1.807) is 0 Å². The van der Waals surface area contributed by atoms with E-state index in [4.69, 9.17) is 0 Å². The van der Waals surface area contributed by atoms with E-state index < -0.39 is 5.60 Å². The van der Waals surface area contributed by atoms with Gasteiger partial charge in [0.05, 0.1) is 11.1 Å². The van der Waals surface area contributed by atoms with Gasteiger partial charge in [-0.05, 0) is 25.8 Å². The summed E-state index contributed by atoms with van der Waals surface area (Å²) in [7, 11) is 0. The quantitative estimate of drug-likeness (QED) is 0.832. The second-order valence-corrected chi connectivity index (χ2v) is 5.25. The predicted octanol–water partition coefficient (Wildman–Crippen LogP) is 1.98. The summed E-state index contributed by atoms with van der Waals surface area (Å²) in [6, 6.07) is 7.95. The van der Waals surface area contributed by atoms with Crippen molar-refractivity contribution in [2.75, 3.05) is 18.0 Å². The fourth-order valence-electron chi connectivity index (χ4n) is 2.51. The van der Waals surface area contributed by atoms with Gasteiger partial charge in [-0.3, -0.25) is 0 Å². The number of benzene rings is 1. The van der Waals surface area contributed by atoms with Crippen molar-refractivity contribution in [2.45, 2.75) is 25.4 Å². The van der Waals surface area contributed by atoms with E-state index in [0.717, 1.165) is 30.3 Å². The summed E-state index contributed by atoms with van der Waals surface area (Å²) < 4.78 is 0. The van der Waals surface area contributed by atoms with Crippen molar-refractivity contribution in [1.82, 2.24) is 9.97 Å². The van der Waals surface area contributed by atoms with Crippen molar-refractivity contribution >= 4 is 16.9 Å². The standard InChI is InChI=1S/C14H17N3O/c1-14(18)7-4-8-17(10-14)13-15-9-11-5-2-3-6-12(11)16-13/h2-3,5-6,9,18H,4,7-8,10H2,1H3. The van der Waals surface area contributed by atoms with Crippen molar-refractivity contribution in [3.63, 3.8) is 0 Å². The van der Waals surface area contributed by atoms with Gasteiger partial charge >= 0.3 is 0 Å². The Labute approximate surface area is 106 Å². The van der Waals surface area contributed by atoms with Gasteiger partial charge in [0, 0.05) is 24.7 Å². The highest BCUT2D eigenvalue weighted by Gasteiger charge is 2.29. The zero-order valence-electron chi connectivity index (χ0n) is 10.5. The number of hydrogen-bond acceptors (Lipinski definition) is 4. The molecule has 4 nitrogen and oxygen atoms in total. The van der Waals surface area contributed by atoms with Crippen molar-refractivity contribution in [3.8, 4) is 0 Å². The van der Waals surface area contributed by atoms with E-state index >= 15 is 0 Å². The Morgan fingerprint density at radius 2 is 2.17 bits per heavy atom. The maximum atomic E-state index is 10.1. The highest BCUT2D eigenvalue weighted by Crippen LogP contribution is 2.24. The number of aromatic nitrogens is 2. The summed E-state index contributed by atoms with van der Waals surface area (Å²) in [6.07, 6.45) is 3.67. The lowest BCUT2D eigenvalue weighted by molar-refractivity contribution is 0.0445. The summed E-state index contributed by atoms with van der Waals surface area (Å²) >= 11 is 0. The van der Waals surface area contributed by atoms with E-state index in [0.29, 0.717) is 12.5 Å². The van der Waals surface area contributed by atoms with Crippen molar-refractivity contribution in [3.05, 3.63) is 30.5 Å². The van der Waals surface area contributed by atoms with Gasteiger partial charge in [-0.2, -0.15) is 0 Å². The first kappa shape index (κ1) is 11.4. The van der Waals surface area contributed by atoms with Crippen molar-refractivity contribution in [1.29, 1.82) is 0 Å². The molecule has 2 aromatic rings. The molecular formula is C14H17N3O. The second kappa shape index (κ2) is 4.21. The Hall–Kier alpha value is -1.68. The van der Waals surface area contributed by atoms with Crippen LogP contribution in [0.2, 0.25) is 0 Å². The van der Waals surface area contributed by atoms with Crippen LogP contribution < -0.4 is 4.90 Å². The number of nitrogens with zero attached hydrogens (tertiary/aromatic N) is 3. The van der Waals surface area contributed by atoms with Crippen LogP contribution in [0.3, 0.4) is 0 Å². The van der Waals surface area contributed by atoms with Gasteiger partial charge in [0.15, 0.2) is 0 Å². The first-order chi connectivity index (χ1) is 8.64. The molecule has 1 aliphatic rings. The average molecular weight is 243 g/mol. The monoisotopic (exact) mass is 243 g/mol. The highest BCUT2D eigenvalue weighted by atomic mass is 16.3. The lowest BCUT2D eigenvalue weighted by Gasteiger charge is -2.36. The Bertz CT molecular complexity index is 568. The third-order valence-corrected chi connectivity index (χ3v) is 3.43. The molecule has 18 heavy (non-hydrogen) atoms. The number of rotatable bonds is 1. The van der Waals surface area contributed by atoms with Crippen LogP contribution in [0.1, 0.15) is 19.8 Å². The molecule has 0 radical (unpaired) electrons. The Balaban J connectivity index is 1.94. The SMILES string of the molecule is CC1(O)CCCN(c2ncc3ccccc3n2)C1. The van der Waals surface area contributed by atoms with Gasteiger partial charge in [0.25, 0.3) is 0 Å². The van der Waals surface area contributed by atoms with Gasteiger partial charge in [0.2, 0.25) is 5.95 Å². The molecule has 0 saturated carbocycles. The van der Waals surface area contributed by atoms with Crippen LogP contribution in [0.5, 0.6) is 0 Å². The third kappa shape index (κ3) is 2.16. The van der Waals surface area contributed by atoms with E-state index in [-0.39, 0.29) is 0 Å². The maximum Gasteiger partial charge on any atom is 0.225 e. The van der Waals surface area contributed by atoms with Gasteiger partial charge in [-0.1, -0.05) is 18.2 Å². The van der Waals surface area contributed by atoms with Crippen LogP contribution in [0.25, 0.3) is 10.9 Å². The van der Waals surface area contributed by atoms with Crippen LogP contribution >= 0.6 is 0 Å². The molecule has 0 bridgehead atoms. The Kier molecular flexibility index (Phi) is 2.67. The van der Waals surface area contributed by atoms with Crippen LogP contribution in [-0.2, 0) is 0 Å².